The molecule has 0 spiro atoms. The molecule has 2 aromatic carbocycles. The molecular formula is C25H27N3O6S. The summed E-state index contributed by atoms with van der Waals surface area (Å²) < 4.78 is 16.0. The Bertz CT molecular complexity index is 1080. The molecule has 3 rings (SSSR count). The summed E-state index contributed by atoms with van der Waals surface area (Å²) in [5.74, 6) is -0.109. The second kappa shape index (κ2) is 13.1. The lowest BCUT2D eigenvalue weighted by Gasteiger charge is -2.36. The van der Waals surface area contributed by atoms with E-state index in [2.05, 4.69) is 10.6 Å². The fourth-order valence-electron chi connectivity index (χ4n) is 3.40. The van der Waals surface area contributed by atoms with Gasteiger partial charge in [-0.25, -0.2) is 0 Å². The minimum absolute atomic E-state index is 0.0387. The maximum absolute atomic E-state index is 12.4. The number of carbonyl (C=O) groups excluding carboxylic acids is 3. The van der Waals surface area contributed by atoms with Gasteiger partial charge >= 0.3 is 5.97 Å². The molecule has 2 amide bonds. The highest BCUT2D eigenvalue weighted by Gasteiger charge is 2.34. The van der Waals surface area contributed by atoms with Gasteiger partial charge < -0.3 is 24.4 Å². The van der Waals surface area contributed by atoms with E-state index in [0.29, 0.717) is 24.6 Å². The van der Waals surface area contributed by atoms with Crippen molar-refractivity contribution in [3.63, 3.8) is 0 Å². The number of ether oxygens (including phenoxy) is 3. The van der Waals surface area contributed by atoms with Gasteiger partial charge in [-0.1, -0.05) is 36.4 Å². The number of piperazine rings is 1. The van der Waals surface area contributed by atoms with E-state index in [1.165, 1.54) is 11.0 Å². The first kappa shape index (κ1) is 25.7. The monoisotopic (exact) mass is 497 g/mol. The Balaban J connectivity index is 1.51. The van der Waals surface area contributed by atoms with Crippen molar-refractivity contribution in [2.45, 2.75) is 12.5 Å². The van der Waals surface area contributed by atoms with Crippen LogP contribution < -0.4 is 20.1 Å². The van der Waals surface area contributed by atoms with Crippen LogP contribution in [0.1, 0.15) is 12.0 Å². The Morgan fingerprint density at radius 1 is 1.14 bits per heavy atom. The SMILES string of the molecule is COc1ccccc1C=CC(=O)NC(=S)N1CCNC(=O)C1CC(=O)OCCOc1ccccc1. The molecule has 35 heavy (non-hydrogen) atoms. The third kappa shape index (κ3) is 7.82. The van der Waals surface area contributed by atoms with Crippen LogP contribution >= 0.6 is 12.2 Å². The molecule has 1 fully saturated rings. The third-order valence-electron chi connectivity index (χ3n) is 5.09. The van der Waals surface area contributed by atoms with Crippen LogP contribution in [0, 0.1) is 0 Å². The van der Waals surface area contributed by atoms with E-state index in [9.17, 15) is 14.4 Å². The fraction of sp³-hybridized carbons (Fsp3) is 0.280. The number of thiocarbonyl (C=S) groups is 1. The predicted molar refractivity (Wildman–Crippen MR) is 134 cm³/mol. The summed E-state index contributed by atoms with van der Waals surface area (Å²) in [5.41, 5.74) is 0.727. The van der Waals surface area contributed by atoms with Crippen molar-refractivity contribution < 1.29 is 28.6 Å². The lowest BCUT2D eigenvalue weighted by atomic mass is 10.1. The largest absolute Gasteiger partial charge is 0.496 e. The Hall–Kier alpha value is -3.92. The van der Waals surface area contributed by atoms with Crippen LogP contribution in [-0.2, 0) is 19.1 Å². The number of hydrogen-bond donors (Lipinski definition) is 2. The first-order valence-corrected chi connectivity index (χ1v) is 11.4. The molecule has 1 saturated heterocycles. The minimum Gasteiger partial charge on any atom is -0.496 e. The van der Waals surface area contributed by atoms with E-state index in [4.69, 9.17) is 26.4 Å². The molecule has 0 bridgehead atoms. The molecule has 10 heteroatoms. The number of nitrogens with zero attached hydrogens (tertiary/aromatic N) is 1. The number of esters is 1. The number of benzene rings is 2. The number of methoxy groups -OCH3 is 1. The molecule has 1 aliphatic rings. The first-order chi connectivity index (χ1) is 17.0. The van der Waals surface area contributed by atoms with Crippen LogP contribution in [-0.4, -0.2) is 67.3 Å². The predicted octanol–water partition coefficient (Wildman–Crippen LogP) is 1.92. The van der Waals surface area contributed by atoms with Gasteiger partial charge in [0.15, 0.2) is 5.11 Å². The standard InChI is InChI=1S/C25H27N3O6S/c1-32-21-10-6-5-7-18(21)11-12-22(29)27-25(35)28-14-13-26-24(31)20(28)17-23(30)34-16-15-33-19-8-3-2-4-9-19/h2-12,20H,13-17H2,1H3,(H,26,31)(H,27,29,35). The molecule has 0 aliphatic carbocycles. The fourth-order valence-corrected chi connectivity index (χ4v) is 3.72. The minimum atomic E-state index is -0.891. The summed E-state index contributed by atoms with van der Waals surface area (Å²) in [6.07, 6.45) is 2.71. The van der Waals surface area contributed by atoms with Gasteiger partial charge in [0.05, 0.1) is 13.5 Å². The molecule has 0 saturated carbocycles. The summed E-state index contributed by atoms with van der Waals surface area (Å²) in [5, 5.41) is 5.36. The van der Waals surface area contributed by atoms with E-state index in [1.807, 2.05) is 36.4 Å². The number of para-hydroxylation sites is 2. The van der Waals surface area contributed by atoms with Gasteiger partial charge in [0.1, 0.15) is 30.8 Å². The van der Waals surface area contributed by atoms with E-state index in [-0.39, 0.29) is 30.7 Å². The van der Waals surface area contributed by atoms with Gasteiger partial charge in [0, 0.05) is 24.7 Å². The topological polar surface area (TPSA) is 106 Å². The lowest BCUT2D eigenvalue weighted by molar-refractivity contribution is -0.148. The van der Waals surface area contributed by atoms with Gasteiger partial charge in [-0.15, -0.1) is 0 Å². The van der Waals surface area contributed by atoms with Crippen molar-refractivity contribution in [3.05, 3.63) is 66.2 Å². The Morgan fingerprint density at radius 3 is 2.66 bits per heavy atom. The number of nitrogens with one attached hydrogen (secondary N) is 2. The molecular weight excluding hydrogens is 470 g/mol. The summed E-state index contributed by atoms with van der Waals surface area (Å²) in [4.78, 5) is 38.7. The lowest BCUT2D eigenvalue weighted by Crippen LogP contribution is -2.60. The van der Waals surface area contributed by atoms with Crippen molar-refractivity contribution in [1.29, 1.82) is 0 Å². The first-order valence-electron chi connectivity index (χ1n) is 11.0. The Labute approximate surface area is 209 Å². The highest BCUT2D eigenvalue weighted by atomic mass is 32.1. The van der Waals surface area contributed by atoms with Gasteiger partial charge in [-0.2, -0.15) is 0 Å². The van der Waals surface area contributed by atoms with Crippen LogP contribution in [0.2, 0.25) is 0 Å². The summed E-state index contributed by atoms with van der Waals surface area (Å²) in [7, 11) is 1.55. The van der Waals surface area contributed by atoms with E-state index >= 15 is 0 Å². The summed E-state index contributed by atoms with van der Waals surface area (Å²) in [6.45, 7) is 0.902. The van der Waals surface area contributed by atoms with Crippen LogP contribution in [0.4, 0.5) is 0 Å². The van der Waals surface area contributed by atoms with Crippen molar-refractivity contribution >= 4 is 41.2 Å². The van der Waals surface area contributed by atoms with Gasteiger partial charge in [-0.3, -0.25) is 19.7 Å². The number of carbonyl (C=O) groups is 3. The zero-order valence-electron chi connectivity index (χ0n) is 19.3. The molecule has 0 aromatic heterocycles. The second-order valence-electron chi connectivity index (χ2n) is 7.46. The maximum Gasteiger partial charge on any atom is 0.308 e. The highest BCUT2D eigenvalue weighted by Crippen LogP contribution is 2.18. The normalized spacial score (nSPS) is 15.3. The summed E-state index contributed by atoms with van der Waals surface area (Å²) in [6, 6.07) is 15.5. The number of hydrogen-bond acceptors (Lipinski definition) is 7. The molecule has 0 radical (unpaired) electrons. The number of amides is 2. The molecule has 2 aromatic rings. The zero-order chi connectivity index (χ0) is 25.0. The van der Waals surface area contributed by atoms with Crippen LogP contribution in [0.5, 0.6) is 11.5 Å². The van der Waals surface area contributed by atoms with Crippen molar-refractivity contribution in [3.8, 4) is 11.5 Å². The van der Waals surface area contributed by atoms with E-state index < -0.39 is 17.9 Å². The molecule has 184 valence electrons. The quantitative estimate of drug-likeness (QED) is 0.234. The smallest absolute Gasteiger partial charge is 0.308 e. The second-order valence-corrected chi connectivity index (χ2v) is 7.84. The number of rotatable bonds is 9. The molecule has 1 aliphatic heterocycles. The van der Waals surface area contributed by atoms with Gasteiger partial charge in [0.25, 0.3) is 0 Å². The van der Waals surface area contributed by atoms with Crippen LogP contribution in [0.25, 0.3) is 6.08 Å². The van der Waals surface area contributed by atoms with Gasteiger partial charge in [-0.05, 0) is 36.5 Å². The molecule has 1 heterocycles. The zero-order valence-corrected chi connectivity index (χ0v) is 20.1. The van der Waals surface area contributed by atoms with E-state index in [0.717, 1.165) is 5.56 Å². The molecule has 2 N–H and O–H groups in total. The van der Waals surface area contributed by atoms with Crippen LogP contribution in [0.15, 0.2) is 60.7 Å². The molecule has 9 nitrogen and oxygen atoms in total. The van der Waals surface area contributed by atoms with Crippen molar-refractivity contribution in [2.75, 3.05) is 33.4 Å². The molecule has 1 atom stereocenters. The van der Waals surface area contributed by atoms with Gasteiger partial charge in [0.2, 0.25) is 11.8 Å². The van der Waals surface area contributed by atoms with E-state index in [1.54, 1.807) is 31.4 Å². The Kier molecular flexibility index (Phi) is 9.61. The average molecular weight is 498 g/mol. The van der Waals surface area contributed by atoms with Crippen molar-refractivity contribution in [1.82, 2.24) is 15.5 Å². The average Bonchev–Trinajstić information content (AvgIpc) is 2.87. The van der Waals surface area contributed by atoms with Crippen molar-refractivity contribution in [2.24, 2.45) is 0 Å². The highest BCUT2D eigenvalue weighted by molar-refractivity contribution is 7.80. The van der Waals surface area contributed by atoms with Crippen LogP contribution in [0.3, 0.4) is 0 Å². The maximum atomic E-state index is 12.4. The molecule has 1 unspecified atom stereocenters. The summed E-state index contributed by atoms with van der Waals surface area (Å²) >= 11 is 5.36. The third-order valence-corrected chi connectivity index (χ3v) is 5.43. The Morgan fingerprint density at radius 2 is 1.89 bits per heavy atom.